The molecule has 4 heteroatoms. The molecule has 0 bridgehead atoms. The van der Waals surface area contributed by atoms with E-state index in [4.69, 9.17) is 9.47 Å². The minimum Gasteiger partial charge on any atom is -0.496 e. The Balaban J connectivity index is 2.01. The van der Waals surface area contributed by atoms with Gasteiger partial charge in [0.15, 0.2) is 0 Å². The second-order valence-electron chi connectivity index (χ2n) is 5.10. The van der Waals surface area contributed by atoms with Crippen molar-refractivity contribution in [1.82, 2.24) is 10.2 Å². The van der Waals surface area contributed by atoms with Crippen LogP contribution in [0.4, 0.5) is 0 Å². The van der Waals surface area contributed by atoms with Crippen LogP contribution >= 0.6 is 0 Å². The average Bonchev–Trinajstić information content (AvgIpc) is 2.40. The molecule has 1 atom stereocenters. The Hall–Kier alpha value is -1.10. The molecule has 0 saturated carbocycles. The van der Waals surface area contributed by atoms with E-state index in [0.29, 0.717) is 0 Å². The van der Waals surface area contributed by atoms with Crippen molar-refractivity contribution < 1.29 is 9.47 Å². The minimum absolute atomic E-state index is 0.287. The highest BCUT2D eigenvalue weighted by Crippen LogP contribution is 2.22. The molecule has 2 rings (SSSR count). The highest BCUT2D eigenvalue weighted by Gasteiger charge is 2.20. The van der Waals surface area contributed by atoms with Crippen molar-refractivity contribution in [2.45, 2.75) is 19.6 Å². The summed E-state index contributed by atoms with van der Waals surface area (Å²) in [6.45, 7) is 6.71. The molecule has 1 fully saturated rings. The maximum atomic E-state index is 5.73. The Morgan fingerprint density at radius 3 is 3.05 bits per heavy atom. The van der Waals surface area contributed by atoms with Crippen LogP contribution in [0.2, 0.25) is 0 Å². The predicted molar refractivity (Wildman–Crippen MR) is 76.7 cm³/mol. The van der Waals surface area contributed by atoms with Crippen LogP contribution in [0, 0.1) is 6.92 Å². The van der Waals surface area contributed by atoms with E-state index in [-0.39, 0.29) is 6.10 Å². The Morgan fingerprint density at radius 1 is 1.47 bits per heavy atom. The van der Waals surface area contributed by atoms with Gasteiger partial charge in [-0.2, -0.15) is 0 Å². The first-order valence-corrected chi connectivity index (χ1v) is 6.85. The summed E-state index contributed by atoms with van der Waals surface area (Å²) in [7, 11) is 3.70. The average molecular weight is 264 g/mol. The van der Waals surface area contributed by atoms with Gasteiger partial charge in [-0.1, -0.05) is 17.7 Å². The Labute approximate surface area is 115 Å². The molecule has 1 aliphatic rings. The predicted octanol–water partition coefficient (Wildman–Crippen LogP) is 1.42. The Morgan fingerprint density at radius 2 is 2.32 bits per heavy atom. The first-order valence-electron chi connectivity index (χ1n) is 6.85. The first kappa shape index (κ1) is 14.3. The van der Waals surface area contributed by atoms with Crippen LogP contribution in [-0.2, 0) is 11.3 Å². The van der Waals surface area contributed by atoms with Crippen LogP contribution in [0.5, 0.6) is 5.75 Å². The van der Waals surface area contributed by atoms with Gasteiger partial charge in [-0.25, -0.2) is 0 Å². The number of nitrogens with zero attached hydrogens (tertiary/aromatic N) is 1. The van der Waals surface area contributed by atoms with Crippen LogP contribution in [-0.4, -0.2) is 51.4 Å². The third-order valence-electron chi connectivity index (χ3n) is 3.48. The third kappa shape index (κ3) is 3.93. The van der Waals surface area contributed by atoms with Gasteiger partial charge in [0, 0.05) is 31.7 Å². The van der Waals surface area contributed by atoms with E-state index < -0.39 is 0 Å². The fourth-order valence-electron chi connectivity index (χ4n) is 2.55. The number of aryl methyl sites for hydroxylation is 1. The molecular weight excluding hydrogens is 240 g/mol. The number of benzene rings is 1. The topological polar surface area (TPSA) is 33.7 Å². The van der Waals surface area contributed by atoms with Crippen molar-refractivity contribution >= 4 is 0 Å². The SMILES string of the molecule is CNCC1CN(Cc2cc(C)ccc2OC)CCO1. The van der Waals surface area contributed by atoms with Crippen LogP contribution in [0.25, 0.3) is 0 Å². The van der Waals surface area contributed by atoms with Gasteiger partial charge in [-0.15, -0.1) is 0 Å². The van der Waals surface area contributed by atoms with Crippen molar-refractivity contribution in [1.29, 1.82) is 0 Å². The molecule has 1 aliphatic heterocycles. The lowest BCUT2D eigenvalue weighted by Gasteiger charge is -2.33. The zero-order chi connectivity index (χ0) is 13.7. The number of hydrogen-bond acceptors (Lipinski definition) is 4. The molecule has 0 radical (unpaired) electrons. The van der Waals surface area contributed by atoms with Gasteiger partial charge >= 0.3 is 0 Å². The molecule has 1 aromatic carbocycles. The van der Waals surface area contributed by atoms with Gasteiger partial charge in [0.2, 0.25) is 0 Å². The van der Waals surface area contributed by atoms with Crippen molar-refractivity contribution in [3.05, 3.63) is 29.3 Å². The fourth-order valence-corrected chi connectivity index (χ4v) is 2.55. The summed E-state index contributed by atoms with van der Waals surface area (Å²) < 4.78 is 11.2. The number of likely N-dealkylation sites (N-methyl/N-ethyl adjacent to an activating group) is 1. The number of morpholine rings is 1. The van der Waals surface area contributed by atoms with Crippen molar-refractivity contribution in [3.63, 3.8) is 0 Å². The van der Waals surface area contributed by atoms with Crippen LogP contribution in [0.3, 0.4) is 0 Å². The van der Waals surface area contributed by atoms with Crippen molar-refractivity contribution in [3.8, 4) is 5.75 Å². The summed E-state index contributed by atoms with van der Waals surface area (Å²) in [5.74, 6) is 0.974. The van der Waals surface area contributed by atoms with E-state index in [0.717, 1.165) is 38.5 Å². The first-order chi connectivity index (χ1) is 9.22. The van der Waals surface area contributed by atoms with Crippen LogP contribution < -0.4 is 10.1 Å². The van der Waals surface area contributed by atoms with Gasteiger partial charge < -0.3 is 14.8 Å². The monoisotopic (exact) mass is 264 g/mol. The van der Waals surface area contributed by atoms with E-state index in [1.807, 2.05) is 7.05 Å². The largest absolute Gasteiger partial charge is 0.496 e. The van der Waals surface area contributed by atoms with Crippen molar-refractivity contribution in [2.24, 2.45) is 0 Å². The summed E-state index contributed by atoms with van der Waals surface area (Å²) in [6, 6.07) is 6.35. The lowest BCUT2D eigenvalue weighted by Crippen LogP contribution is -2.45. The van der Waals surface area contributed by atoms with E-state index in [1.165, 1.54) is 11.1 Å². The second-order valence-corrected chi connectivity index (χ2v) is 5.10. The van der Waals surface area contributed by atoms with Gasteiger partial charge in [0.1, 0.15) is 5.75 Å². The smallest absolute Gasteiger partial charge is 0.123 e. The summed E-state index contributed by atoms with van der Waals surface area (Å²) in [5, 5.41) is 3.18. The number of rotatable bonds is 5. The number of ether oxygens (including phenoxy) is 2. The zero-order valence-electron chi connectivity index (χ0n) is 12.1. The van der Waals surface area contributed by atoms with E-state index in [2.05, 4.69) is 35.3 Å². The summed E-state index contributed by atoms with van der Waals surface area (Å²) in [6.07, 6.45) is 0.287. The summed E-state index contributed by atoms with van der Waals surface area (Å²) in [4.78, 5) is 2.43. The van der Waals surface area contributed by atoms with E-state index in [9.17, 15) is 0 Å². The van der Waals surface area contributed by atoms with Gasteiger partial charge in [0.05, 0.1) is 19.8 Å². The molecule has 0 aliphatic carbocycles. The molecule has 0 spiro atoms. The van der Waals surface area contributed by atoms with Gasteiger partial charge in [0.25, 0.3) is 0 Å². The summed E-state index contributed by atoms with van der Waals surface area (Å²) in [5.41, 5.74) is 2.53. The van der Waals surface area contributed by atoms with Crippen LogP contribution in [0.1, 0.15) is 11.1 Å². The minimum atomic E-state index is 0.287. The molecule has 19 heavy (non-hydrogen) atoms. The van der Waals surface area contributed by atoms with Crippen molar-refractivity contribution in [2.75, 3.05) is 40.4 Å². The molecule has 1 heterocycles. The molecule has 1 N–H and O–H groups in total. The molecule has 1 unspecified atom stereocenters. The molecular formula is C15H24N2O2. The number of methoxy groups -OCH3 is 1. The molecule has 1 aromatic rings. The second kappa shape index (κ2) is 6.89. The number of nitrogens with one attached hydrogen (secondary N) is 1. The molecule has 106 valence electrons. The maximum absolute atomic E-state index is 5.73. The maximum Gasteiger partial charge on any atom is 0.123 e. The lowest BCUT2D eigenvalue weighted by molar-refractivity contribution is -0.0293. The Kier molecular flexibility index (Phi) is 5.19. The number of hydrogen-bond donors (Lipinski definition) is 1. The fraction of sp³-hybridized carbons (Fsp3) is 0.600. The highest BCUT2D eigenvalue weighted by atomic mass is 16.5. The zero-order valence-corrected chi connectivity index (χ0v) is 12.1. The van der Waals surface area contributed by atoms with Gasteiger partial charge in [-0.05, 0) is 20.0 Å². The molecule has 1 saturated heterocycles. The van der Waals surface area contributed by atoms with Gasteiger partial charge in [-0.3, -0.25) is 4.90 Å². The van der Waals surface area contributed by atoms with E-state index in [1.54, 1.807) is 7.11 Å². The molecule has 0 aromatic heterocycles. The normalized spacial score (nSPS) is 20.5. The summed E-state index contributed by atoms with van der Waals surface area (Å²) >= 11 is 0. The van der Waals surface area contributed by atoms with E-state index >= 15 is 0 Å². The highest BCUT2D eigenvalue weighted by molar-refractivity contribution is 5.36. The standard InChI is InChI=1S/C15H24N2O2/c1-12-4-5-15(18-3)13(8-12)10-17-6-7-19-14(11-17)9-16-2/h4-5,8,14,16H,6-7,9-11H2,1-3H3. The lowest BCUT2D eigenvalue weighted by atomic mass is 10.1. The Bertz CT molecular complexity index is 407. The quantitative estimate of drug-likeness (QED) is 0.872. The molecule has 4 nitrogen and oxygen atoms in total. The molecule has 0 amide bonds. The van der Waals surface area contributed by atoms with Crippen LogP contribution in [0.15, 0.2) is 18.2 Å². The third-order valence-corrected chi connectivity index (χ3v) is 3.48.